The molecule has 0 radical (unpaired) electrons. The number of carbonyl (C=O) groups is 2. The van der Waals surface area contributed by atoms with E-state index in [0.717, 1.165) is 30.4 Å². The minimum atomic E-state index is -0.365. The van der Waals surface area contributed by atoms with E-state index in [2.05, 4.69) is 36.2 Å². The first kappa shape index (κ1) is 21.6. The van der Waals surface area contributed by atoms with Crippen molar-refractivity contribution in [2.75, 3.05) is 13.1 Å². The molecular weight excluding hydrogens is 386 g/mol. The first-order valence-corrected chi connectivity index (χ1v) is 11.4. The molecule has 4 rings (SSSR count). The Bertz CT molecular complexity index is 917. The molecule has 164 valence electrons. The van der Waals surface area contributed by atoms with E-state index in [0.29, 0.717) is 19.5 Å². The van der Waals surface area contributed by atoms with Gasteiger partial charge >= 0.3 is 0 Å². The lowest BCUT2D eigenvalue weighted by Gasteiger charge is -2.46. The summed E-state index contributed by atoms with van der Waals surface area (Å²) in [5.74, 6) is 0.270. The third-order valence-electron chi connectivity index (χ3n) is 6.93. The maximum atomic E-state index is 13.4. The predicted molar refractivity (Wildman–Crippen MR) is 123 cm³/mol. The Labute approximate surface area is 185 Å². The minimum absolute atomic E-state index is 0.0788. The lowest BCUT2D eigenvalue weighted by atomic mass is 9.93. The number of benzene rings is 2. The van der Waals surface area contributed by atoms with Crippen LogP contribution in [0.2, 0.25) is 0 Å². The van der Waals surface area contributed by atoms with Crippen LogP contribution in [0.15, 0.2) is 54.6 Å². The Hall–Kier alpha value is -2.66. The molecule has 2 saturated heterocycles. The smallest absolute Gasteiger partial charge is 0.253 e. The Morgan fingerprint density at radius 1 is 1.10 bits per heavy atom. The summed E-state index contributed by atoms with van der Waals surface area (Å²) in [6.07, 6.45) is 3.12. The normalized spacial score (nSPS) is 21.5. The van der Waals surface area contributed by atoms with E-state index in [1.165, 1.54) is 5.56 Å². The highest BCUT2D eigenvalue weighted by molar-refractivity contribution is 5.94. The maximum Gasteiger partial charge on any atom is 0.253 e. The lowest BCUT2D eigenvalue weighted by molar-refractivity contribution is -0.136. The summed E-state index contributed by atoms with van der Waals surface area (Å²) in [6.45, 7) is 7.59. The quantitative estimate of drug-likeness (QED) is 0.803. The molecule has 2 atom stereocenters. The number of aryl methyl sites for hydroxylation is 1. The van der Waals surface area contributed by atoms with Gasteiger partial charge in [0.05, 0.1) is 11.7 Å². The van der Waals surface area contributed by atoms with Gasteiger partial charge in [0.2, 0.25) is 5.91 Å². The van der Waals surface area contributed by atoms with Crippen molar-refractivity contribution in [3.8, 4) is 0 Å². The van der Waals surface area contributed by atoms with Gasteiger partial charge < -0.3 is 9.80 Å². The third-order valence-corrected chi connectivity index (χ3v) is 6.93. The number of hydrogen-bond acceptors (Lipinski definition) is 3. The highest BCUT2D eigenvalue weighted by atomic mass is 16.2. The van der Waals surface area contributed by atoms with E-state index in [-0.39, 0.29) is 29.6 Å². The Kier molecular flexibility index (Phi) is 6.15. The maximum absolute atomic E-state index is 13.4. The van der Waals surface area contributed by atoms with Gasteiger partial charge in [0.25, 0.3) is 5.91 Å². The van der Waals surface area contributed by atoms with Crippen molar-refractivity contribution in [1.82, 2.24) is 15.1 Å². The summed E-state index contributed by atoms with van der Waals surface area (Å²) in [7, 11) is 0. The standard InChI is InChI=1S/C26H33N3O2/c1-4-20(3)29-25(31)23(18-21-8-6-5-7-9-21)27-26(29)14-16-28(17-15-26)24(30)22-12-10-19(2)11-13-22/h5-13,20,23,27H,4,14-18H2,1-3H3/t20-,23+/m1/s1. The summed E-state index contributed by atoms with van der Waals surface area (Å²) >= 11 is 0. The zero-order valence-corrected chi connectivity index (χ0v) is 18.8. The SMILES string of the molecule is CC[C@@H](C)N1C(=O)[C@H](Cc2ccccc2)NC12CCN(C(=O)c1ccc(C)cc1)CC2. The summed E-state index contributed by atoms with van der Waals surface area (Å²) in [5, 5.41) is 3.72. The van der Waals surface area contributed by atoms with Gasteiger partial charge in [0.15, 0.2) is 0 Å². The van der Waals surface area contributed by atoms with Crippen LogP contribution in [-0.2, 0) is 11.2 Å². The van der Waals surface area contributed by atoms with Gasteiger partial charge in [-0.1, -0.05) is 55.0 Å². The first-order chi connectivity index (χ1) is 14.9. The average Bonchev–Trinajstić information content (AvgIpc) is 3.05. The summed E-state index contributed by atoms with van der Waals surface area (Å²) < 4.78 is 0. The topological polar surface area (TPSA) is 52.7 Å². The van der Waals surface area contributed by atoms with Crippen LogP contribution in [0.3, 0.4) is 0 Å². The monoisotopic (exact) mass is 419 g/mol. The Morgan fingerprint density at radius 3 is 2.35 bits per heavy atom. The highest BCUT2D eigenvalue weighted by Crippen LogP contribution is 2.36. The van der Waals surface area contributed by atoms with E-state index in [4.69, 9.17) is 0 Å². The fourth-order valence-electron chi connectivity index (χ4n) is 4.99. The molecule has 31 heavy (non-hydrogen) atoms. The molecule has 2 heterocycles. The largest absolute Gasteiger partial charge is 0.338 e. The van der Waals surface area contributed by atoms with Gasteiger partial charge in [-0.3, -0.25) is 14.9 Å². The molecule has 5 nitrogen and oxygen atoms in total. The number of piperidine rings is 1. The molecule has 0 aliphatic carbocycles. The molecule has 2 amide bonds. The van der Waals surface area contributed by atoms with Gasteiger partial charge in [-0.05, 0) is 44.4 Å². The van der Waals surface area contributed by atoms with E-state index in [9.17, 15) is 9.59 Å². The summed E-state index contributed by atoms with van der Waals surface area (Å²) in [4.78, 5) is 30.4. The van der Waals surface area contributed by atoms with Crippen molar-refractivity contribution < 1.29 is 9.59 Å². The first-order valence-electron chi connectivity index (χ1n) is 11.4. The van der Waals surface area contributed by atoms with Crippen LogP contribution in [0.25, 0.3) is 0 Å². The van der Waals surface area contributed by atoms with Crippen molar-refractivity contribution in [3.05, 3.63) is 71.3 Å². The summed E-state index contributed by atoms with van der Waals surface area (Å²) in [6, 6.07) is 17.9. The fraction of sp³-hybridized carbons (Fsp3) is 0.462. The van der Waals surface area contributed by atoms with Crippen molar-refractivity contribution in [2.45, 2.75) is 64.2 Å². The second-order valence-electron chi connectivity index (χ2n) is 9.04. The highest BCUT2D eigenvalue weighted by Gasteiger charge is 2.52. The number of likely N-dealkylation sites (tertiary alicyclic amines) is 1. The zero-order valence-electron chi connectivity index (χ0n) is 18.8. The molecule has 2 fully saturated rings. The Balaban J connectivity index is 1.50. The molecule has 2 aliphatic heterocycles. The summed E-state index contributed by atoms with van der Waals surface area (Å²) in [5.41, 5.74) is 2.69. The molecule has 0 saturated carbocycles. The molecule has 0 bridgehead atoms. The van der Waals surface area contributed by atoms with Crippen LogP contribution >= 0.6 is 0 Å². The zero-order chi connectivity index (χ0) is 22.0. The van der Waals surface area contributed by atoms with Crippen LogP contribution in [-0.4, -0.2) is 52.5 Å². The molecule has 1 N–H and O–H groups in total. The van der Waals surface area contributed by atoms with Crippen LogP contribution < -0.4 is 5.32 Å². The molecule has 2 aromatic carbocycles. The van der Waals surface area contributed by atoms with E-state index < -0.39 is 0 Å². The average molecular weight is 420 g/mol. The van der Waals surface area contributed by atoms with Gasteiger partial charge in [0.1, 0.15) is 0 Å². The van der Waals surface area contributed by atoms with Gasteiger partial charge in [0, 0.05) is 37.5 Å². The fourth-order valence-corrected chi connectivity index (χ4v) is 4.99. The number of amides is 2. The molecule has 5 heteroatoms. The molecule has 2 aliphatic rings. The van der Waals surface area contributed by atoms with Crippen molar-refractivity contribution in [2.24, 2.45) is 0 Å². The van der Waals surface area contributed by atoms with E-state index in [1.807, 2.05) is 54.3 Å². The van der Waals surface area contributed by atoms with Gasteiger partial charge in [-0.15, -0.1) is 0 Å². The van der Waals surface area contributed by atoms with Crippen LogP contribution in [0, 0.1) is 6.92 Å². The molecular formula is C26H33N3O2. The van der Waals surface area contributed by atoms with Crippen molar-refractivity contribution in [1.29, 1.82) is 0 Å². The molecule has 1 spiro atoms. The number of nitrogens with one attached hydrogen (secondary N) is 1. The molecule has 0 aromatic heterocycles. The number of carbonyl (C=O) groups excluding carboxylic acids is 2. The van der Waals surface area contributed by atoms with Crippen LogP contribution in [0.5, 0.6) is 0 Å². The predicted octanol–water partition coefficient (Wildman–Crippen LogP) is 3.77. The van der Waals surface area contributed by atoms with E-state index in [1.54, 1.807) is 0 Å². The number of rotatable bonds is 5. The third kappa shape index (κ3) is 4.24. The van der Waals surface area contributed by atoms with Crippen LogP contribution in [0.1, 0.15) is 54.6 Å². The molecule has 2 aromatic rings. The second kappa shape index (κ2) is 8.83. The van der Waals surface area contributed by atoms with Crippen molar-refractivity contribution in [3.63, 3.8) is 0 Å². The van der Waals surface area contributed by atoms with Crippen LogP contribution in [0.4, 0.5) is 0 Å². The second-order valence-corrected chi connectivity index (χ2v) is 9.04. The van der Waals surface area contributed by atoms with E-state index >= 15 is 0 Å². The molecule has 0 unspecified atom stereocenters. The minimum Gasteiger partial charge on any atom is -0.338 e. The van der Waals surface area contributed by atoms with Crippen molar-refractivity contribution >= 4 is 11.8 Å². The Morgan fingerprint density at radius 2 is 1.74 bits per heavy atom. The van der Waals surface area contributed by atoms with Gasteiger partial charge in [-0.2, -0.15) is 0 Å². The number of nitrogens with zero attached hydrogens (tertiary/aromatic N) is 2. The van der Waals surface area contributed by atoms with Gasteiger partial charge in [-0.25, -0.2) is 0 Å². The lowest BCUT2D eigenvalue weighted by Crippen LogP contribution is -2.61. The number of hydrogen-bond donors (Lipinski definition) is 1.